The van der Waals surface area contributed by atoms with Crippen molar-refractivity contribution in [2.45, 2.75) is 26.3 Å². The summed E-state index contributed by atoms with van der Waals surface area (Å²) in [6, 6.07) is 14.7. The van der Waals surface area contributed by atoms with E-state index in [1.807, 2.05) is 37.3 Å². The molecule has 2 saturated carbocycles. The monoisotopic (exact) mass is 496 g/mol. The fourth-order valence-corrected chi connectivity index (χ4v) is 7.22. The Morgan fingerprint density at radius 2 is 1.62 bits per heavy atom. The third-order valence-corrected chi connectivity index (χ3v) is 9.05. The summed E-state index contributed by atoms with van der Waals surface area (Å²) in [5.41, 5.74) is 2.27. The minimum Gasteiger partial charge on any atom is -0.426 e. The van der Waals surface area contributed by atoms with Gasteiger partial charge in [-0.2, -0.15) is 0 Å². The van der Waals surface area contributed by atoms with Gasteiger partial charge < -0.3 is 9.64 Å². The van der Waals surface area contributed by atoms with Gasteiger partial charge in [0.1, 0.15) is 5.75 Å². The van der Waals surface area contributed by atoms with Crippen LogP contribution in [0.2, 0.25) is 0 Å². The average Bonchev–Trinajstić information content (AvgIpc) is 3.59. The van der Waals surface area contributed by atoms with Crippen molar-refractivity contribution < 1.29 is 23.9 Å². The maximum absolute atomic E-state index is 13.4. The Bertz CT molecular complexity index is 1330. The van der Waals surface area contributed by atoms with E-state index in [1.165, 1.54) is 4.90 Å². The molecule has 0 radical (unpaired) electrons. The molecule has 7 nitrogen and oxygen atoms in total. The lowest BCUT2D eigenvalue weighted by atomic mass is 9.63. The van der Waals surface area contributed by atoms with Gasteiger partial charge in [0.25, 0.3) is 0 Å². The third kappa shape index (κ3) is 3.47. The summed E-state index contributed by atoms with van der Waals surface area (Å²) in [5, 5.41) is 0. The van der Waals surface area contributed by atoms with Crippen LogP contribution in [0.25, 0.3) is 0 Å². The standard InChI is InChI=1S/C30H28N2O5/c1-16-11-19(37-30(36)18-12-25(33)31(15-18)14-17-5-3-2-4-6-17)7-10-24(16)32-28(34)26-20-8-9-21(23-13-22(20)23)27(26)29(32)35/h2-11,18,20-23,26-27H,12-15H2,1H3/t18-,20+,21+,22-,23+,26-,27-/m1/s1. The van der Waals surface area contributed by atoms with Gasteiger partial charge in [-0.1, -0.05) is 42.5 Å². The zero-order chi connectivity index (χ0) is 25.4. The van der Waals surface area contributed by atoms with E-state index in [-0.39, 0.29) is 47.8 Å². The van der Waals surface area contributed by atoms with Crippen molar-refractivity contribution >= 4 is 29.4 Å². The number of nitrogens with zero attached hydrogens (tertiary/aromatic N) is 2. The minimum absolute atomic E-state index is 0.0639. The first-order valence-electron chi connectivity index (χ1n) is 13.1. The number of anilines is 1. The van der Waals surface area contributed by atoms with E-state index in [1.54, 1.807) is 23.1 Å². The molecule has 2 saturated heterocycles. The Kier molecular flexibility index (Phi) is 4.94. The topological polar surface area (TPSA) is 84.0 Å². The first-order chi connectivity index (χ1) is 17.9. The number of allylic oxidation sites excluding steroid dienone is 2. The summed E-state index contributed by atoms with van der Waals surface area (Å²) >= 11 is 0. The van der Waals surface area contributed by atoms with Gasteiger partial charge in [-0.3, -0.25) is 19.2 Å². The normalized spacial score (nSPS) is 33.1. The summed E-state index contributed by atoms with van der Waals surface area (Å²) in [4.78, 5) is 55.3. The minimum atomic E-state index is -0.532. The number of rotatable bonds is 5. The Morgan fingerprint density at radius 1 is 0.946 bits per heavy atom. The van der Waals surface area contributed by atoms with Gasteiger partial charge in [0.05, 0.1) is 23.4 Å². The summed E-state index contributed by atoms with van der Waals surface area (Å²) in [6.45, 7) is 2.61. The molecular weight excluding hydrogens is 468 g/mol. The number of carbonyl (C=O) groups excluding carboxylic acids is 4. The molecule has 0 spiro atoms. The summed E-state index contributed by atoms with van der Waals surface area (Å²) in [7, 11) is 0. The van der Waals surface area contributed by atoms with E-state index >= 15 is 0 Å². The molecule has 7 atom stereocenters. The average molecular weight is 497 g/mol. The van der Waals surface area contributed by atoms with Crippen molar-refractivity contribution in [1.29, 1.82) is 0 Å². The lowest BCUT2D eigenvalue weighted by molar-refractivity contribution is -0.139. The van der Waals surface area contributed by atoms with Crippen molar-refractivity contribution in [2.24, 2.45) is 41.4 Å². The van der Waals surface area contributed by atoms with Gasteiger partial charge in [-0.25, -0.2) is 4.90 Å². The van der Waals surface area contributed by atoms with Crippen molar-refractivity contribution in [3.05, 3.63) is 71.8 Å². The molecule has 2 heterocycles. The van der Waals surface area contributed by atoms with Gasteiger partial charge in [0.2, 0.25) is 17.7 Å². The SMILES string of the molecule is Cc1cc(OC(=O)[C@@H]2CC(=O)N(Cc3ccccc3)C2)ccc1N1C(=O)[C@@H]2[C@H]3C=C[C@@H]([C@@H]4C[C@H]34)[C@H]2C1=O. The lowest BCUT2D eigenvalue weighted by Gasteiger charge is -2.37. The first kappa shape index (κ1) is 22.5. The second-order valence-electron chi connectivity index (χ2n) is 11.2. The predicted octanol–water partition coefficient (Wildman–Crippen LogP) is 3.51. The molecular formula is C30H28N2O5. The molecule has 4 aliphatic carbocycles. The van der Waals surface area contributed by atoms with Gasteiger partial charge in [-0.15, -0.1) is 0 Å². The van der Waals surface area contributed by atoms with Crippen LogP contribution in [0.1, 0.15) is 24.0 Å². The zero-order valence-electron chi connectivity index (χ0n) is 20.6. The first-order valence-corrected chi connectivity index (χ1v) is 13.1. The molecule has 2 aliphatic heterocycles. The van der Waals surface area contributed by atoms with E-state index in [2.05, 4.69) is 12.2 Å². The van der Waals surface area contributed by atoms with Crippen LogP contribution >= 0.6 is 0 Å². The van der Waals surface area contributed by atoms with E-state index in [0.717, 1.165) is 12.0 Å². The zero-order valence-corrected chi connectivity index (χ0v) is 20.6. The van der Waals surface area contributed by atoms with E-state index in [4.69, 9.17) is 4.74 Å². The number of carbonyl (C=O) groups is 4. The molecule has 0 aromatic heterocycles. The molecule has 4 fully saturated rings. The largest absolute Gasteiger partial charge is 0.426 e. The lowest BCUT2D eigenvalue weighted by Crippen LogP contribution is -2.40. The van der Waals surface area contributed by atoms with Crippen LogP contribution in [-0.2, 0) is 25.7 Å². The van der Waals surface area contributed by atoms with Gasteiger partial charge in [0, 0.05) is 19.5 Å². The number of benzene rings is 2. The molecule has 8 rings (SSSR count). The summed E-state index contributed by atoms with van der Waals surface area (Å²) in [6.07, 6.45) is 5.59. The number of hydrogen-bond acceptors (Lipinski definition) is 5. The highest BCUT2D eigenvalue weighted by molar-refractivity contribution is 6.23. The summed E-state index contributed by atoms with van der Waals surface area (Å²) in [5.74, 6) is 0.0761. The van der Waals surface area contributed by atoms with Crippen LogP contribution in [0.3, 0.4) is 0 Å². The highest BCUT2D eigenvalue weighted by Gasteiger charge is 2.67. The Labute approximate surface area is 215 Å². The third-order valence-electron chi connectivity index (χ3n) is 9.05. The Balaban J connectivity index is 1.04. The number of ether oxygens (including phenoxy) is 1. The van der Waals surface area contributed by atoms with Crippen LogP contribution in [0.15, 0.2) is 60.7 Å². The molecule has 6 aliphatic rings. The molecule has 7 heteroatoms. The molecule has 2 aromatic rings. The molecule has 2 bridgehead atoms. The molecule has 0 unspecified atom stereocenters. The molecule has 3 amide bonds. The quantitative estimate of drug-likeness (QED) is 0.274. The number of esters is 1. The molecule has 0 N–H and O–H groups in total. The van der Waals surface area contributed by atoms with E-state index in [9.17, 15) is 19.2 Å². The van der Waals surface area contributed by atoms with Crippen LogP contribution in [0, 0.1) is 48.3 Å². The maximum atomic E-state index is 13.4. The number of likely N-dealkylation sites (tertiary alicyclic amines) is 1. The number of amides is 3. The molecule has 2 aromatic carbocycles. The van der Waals surface area contributed by atoms with Crippen molar-refractivity contribution in [3.8, 4) is 5.75 Å². The molecule has 188 valence electrons. The van der Waals surface area contributed by atoms with Crippen LogP contribution in [0.5, 0.6) is 5.75 Å². The number of hydrogen-bond donors (Lipinski definition) is 0. The van der Waals surface area contributed by atoms with Crippen LogP contribution < -0.4 is 9.64 Å². The second-order valence-corrected chi connectivity index (χ2v) is 11.2. The van der Waals surface area contributed by atoms with Gasteiger partial charge >= 0.3 is 5.97 Å². The predicted molar refractivity (Wildman–Crippen MR) is 134 cm³/mol. The number of aryl methyl sites for hydroxylation is 1. The van der Waals surface area contributed by atoms with Gasteiger partial charge in [-0.05, 0) is 66.3 Å². The fraction of sp³-hybridized carbons (Fsp3) is 0.400. The Hall–Kier alpha value is -3.74. The van der Waals surface area contributed by atoms with Crippen LogP contribution in [-0.4, -0.2) is 35.1 Å². The van der Waals surface area contributed by atoms with Crippen molar-refractivity contribution in [3.63, 3.8) is 0 Å². The van der Waals surface area contributed by atoms with Crippen molar-refractivity contribution in [2.75, 3.05) is 11.4 Å². The van der Waals surface area contributed by atoms with E-state index in [0.29, 0.717) is 41.9 Å². The van der Waals surface area contributed by atoms with Crippen LogP contribution in [0.4, 0.5) is 5.69 Å². The fourth-order valence-electron chi connectivity index (χ4n) is 7.22. The van der Waals surface area contributed by atoms with Crippen molar-refractivity contribution in [1.82, 2.24) is 4.90 Å². The van der Waals surface area contributed by atoms with Gasteiger partial charge in [0.15, 0.2) is 0 Å². The second kappa shape index (κ2) is 8.13. The molecule has 37 heavy (non-hydrogen) atoms. The highest BCUT2D eigenvalue weighted by Crippen LogP contribution is 2.65. The maximum Gasteiger partial charge on any atom is 0.316 e. The number of imide groups is 1. The highest BCUT2D eigenvalue weighted by atomic mass is 16.5. The Morgan fingerprint density at radius 3 is 2.27 bits per heavy atom. The smallest absolute Gasteiger partial charge is 0.316 e. The summed E-state index contributed by atoms with van der Waals surface area (Å²) < 4.78 is 5.64. The van der Waals surface area contributed by atoms with E-state index < -0.39 is 11.9 Å².